The van der Waals surface area contributed by atoms with Crippen molar-refractivity contribution in [3.63, 3.8) is 0 Å². The van der Waals surface area contributed by atoms with E-state index in [2.05, 4.69) is 63.3 Å². The normalized spacial score (nSPS) is 26.1. The summed E-state index contributed by atoms with van der Waals surface area (Å²) in [5.74, 6) is 3.42. The molecule has 4 rings (SSSR count). The number of aryl methyl sites for hydroxylation is 1. The van der Waals surface area contributed by atoms with Gasteiger partial charge in [-0.2, -0.15) is 0 Å². The Kier molecular flexibility index (Phi) is 15.2. The van der Waals surface area contributed by atoms with Gasteiger partial charge < -0.3 is 0 Å². The lowest BCUT2D eigenvalue weighted by Crippen LogP contribution is -2.13. The summed E-state index contributed by atoms with van der Waals surface area (Å²) in [5, 5.41) is 0. The first-order valence-corrected chi connectivity index (χ1v) is 14.8. The van der Waals surface area contributed by atoms with E-state index in [1.165, 1.54) is 68.1 Å². The SMILES string of the molecule is CC.CC.CC.Cc1cc(C2CCC(C)CC2)ccc1C1=CCC=C(C2CCC(C)CC2)C=C1. The predicted molar refractivity (Wildman–Crippen MR) is 157 cm³/mol. The summed E-state index contributed by atoms with van der Waals surface area (Å²) < 4.78 is 0. The van der Waals surface area contributed by atoms with Crippen LogP contribution in [0.15, 0.2) is 48.1 Å². The first-order chi connectivity index (χ1) is 16.6. The van der Waals surface area contributed by atoms with Crippen LogP contribution in [-0.4, -0.2) is 0 Å². The molecule has 1 aromatic rings. The summed E-state index contributed by atoms with van der Waals surface area (Å²) in [4.78, 5) is 0. The van der Waals surface area contributed by atoms with Gasteiger partial charge in [-0.05, 0) is 90.5 Å². The highest BCUT2D eigenvalue weighted by molar-refractivity contribution is 5.77. The molecule has 0 heterocycles. The number of allylic oxidation sites excluding steroid dienone is 6. The molecule has 2 fully saturated rings. The average molecular weight is 465 g/mol. The minimum absolute atomic E-state index is 0.782. The van der Waals surface area contributed by atoms with Gasteiger partial charge in [0.25, 0.3) is 0 Å². The minimum Gasteiger partial charge on any atom is -0.0772 e. The molecule has 0 nitrogen and oxygen atoms in total. The van der Waals surface area contributed by atoms with Crippen molar-refractivity contribution in [1.29, 1.82) is 0 Å². The fourth-order valence-corrected chi connectivity index (χ4v) is 5.60. The van der Waals surface area contributed by atoms with E-state index in [4.69, 9.17) is 0 Å². The van der Waals surface area contributed by atoms with Crippen molar-refractivity contribution in [1.82, 2.24) is 0 Å². The van der Waals surface area contributed by atoms with Crippen LogP contribution in [0.3, 0.4) is 0 Å². The fraction of sp³-hybridized carbons (Fsp3) is 0.647. The maximum atomic E-state index is 2.48. The average Bonchev–Trinajstić information content (AvgIpc) is 3.15. The molecule has 34 heavy (non-hydrogen) atoms. The predicted octanol–water partition coefficient (Wildman–Crippen LogP) is 11.5. The molecule has 0 saturated heterocycles. The maximum Gasteiger partial charge on any atom is -0.0154 e. The Bertz CT molecular complexity index is 759. The molecule has 0 N–H and O–H groups in total. The van der Waals surface area contributed by atoms with Crippen molar-refractivity contribution in [2.24, 2.45) is 17.8 Å². The smallest absolute Gasteiger partial charge is 0.0154 e. The molecule has 0 aliphatic heterocycles. The van der Waals surface area contributed by atoms with Gasteiger partial charge in [0.2, 0.25) is 0 Å². The van der Waals surface area contributed by atoms with Crippen LogP contribution >= 0.6 is 0 Å². The van der Waals surface area contributed by atoms with Gasteiger partial charge >= 0.3 is 0 Å². The third kappa shape index (κ3) is 8.90. The van der Waals surface area contributed by atoms with Crippen molar-refractivity contribution < 1.29 is 0 Å². The number of hydrogen-bond donors (Lipinski definition) is 0. The number of benzene rings is 1. The van der Waals surface area contributed by atoms with Crippen LogP contribution in [0, 0.1) is 24.7 Å². The molecule has 192 valence electrons. The van der Waals surface area contributed by atoms with Crippen LogP contribution in [0.25, 0.3) is 5.57 Å². The molecule has 0 aromatic heterocycles. The largest absolute Gasteiger partial charge is 0.0772 e. The molecular weight excluding hydrogens is 408 g/mol. The molecule has 3 aliphatic carbocycles. The van der Waals surface area contributed by atoms with Crippen LogP contribution in [-0.2, 0) is 0 Å². The van der Waals surface area contributed by atoms with Gasteiger partial charge in [0.1, 0.15) is 0 Å². The Morgan fingerprint density at radius 3 is 1.68 bits per heavy atom. The molecule has 0 radical (unpaired) electrons. The standard InChI is InChI=1S/C28H38.3C2H6/c1-20-7-11-24(12-8-20)23-5-4-6-26(16-15-23)28-18-17-27(19-22(28)3)25-13-9-21(2)10-14-25;3*1-2/h5-6,15-21,24-25H,4,7-14H2,1-3H3;3*1-2H3. The third-order valence-electron chi connectivity index (χ3n) is 7.68. The van der Waals surface area contributed by atoms with E-state index in [1.54, 1.807) is 11.1 Å². The van der Waals surface area contributed by atoms with E-state index in [1.807, 2.05) is 41.5 Å². The van der Waals surface area contributed by atoms with Crippen LogP contribution in [0.5, 0.6) is 0 Å². The Hall–Kier alpha value is -1.56. The first-order valence-electron chi connectivity index (χ1n) is 14.8. The zero-order valence-electron chi connectivity index (χ0n) is 24.2. The summed E-state index contributed by atoms with van der Waals surface area (Å²) in [7, 11) is 0. The topological polar surface area (TPSA) is 0 Å². The van der Waals surface area contributed by atoms with E-state index in [9.17, 15) is 0 Å². The van der Waals surface area contributed by atoms with Gasteiger partial charge in [0, 0.05) is 0 Å². The Balaban J connectivity index is 0.000000894. The second-order valence-corrected chi connectivity index (χ2v) is 9.92. The molecule has 2 saturated carbocycles. The maximum absolute atomic E-state index is 2.48. The van der Waals surface area contributed by atoms with Gasteiger partial charge in [-0.3, -0.25) is 0 Å². The van der Waals surface area contributed by atoms with E-state index in [0.717, 1.165) is 30.1 Å². The highest BCUT2D eigenvalue weighted by atomic mass is 14.3. The minimum atomic E-state index is 0.782. The van der Waals surface area contributed by atoms with Crippen molar-refractivity contribution in [2.75, 3.05) is 0 Å². The van der Waals surface area contributed by atoms with E-state index >= 15 is 0 Å². The molecule has 0 unspecified atom stereocenters. The van der Waals surface area contributed by atoms with Gasteiger partial charge in [-0.25, -0.2) is 0 Å². The van der Waals surface area contributed by atoms with E-state index < -0.39 is 0 Å². The van der Waals surface area contributed by atoms with Crippen molar-refractivity contribution in [3.8, 4) is 0 Å². The quantitative estimate of drug-likeness (QED) is 0.417. The molecule has 0 bridgehead atoms. The second-order valence-electron chi connectivity index (χ2n) is 9.92. The van der Waals surface area contributed by atoms with E-state index in [-0.39, 0.29) is 0 Å². The molecule has 1 aromatic carbocycles. The van der Waals surface area contributed by atoms with Crippen molar-refractivity contribution in [2.45, 2.75) is 126 Å². The molecule has 0 spiro atoms. The number of hydrogen-bond acceptors (Lipinski definition) is 0. The summed E-state index contributed by atoms with van der Waals surface area (Å²) >= 11 is 0. The zero-order chi connectivity index (χ0) is 25.5. The molecule has 0 amide bonds. The Morgan fingerprint density at radius 2 is 1.15 bits per heavy atom. The van der Waals surface area contributed by atoms with Gasteiger partial charge in [-0.1, -0.05) is 124 Å². The second kappa shape index (κ2) is 17.0. The van der Waals surface area contributed by atoms with Crippen LogP contribution in [0.1, 0.15) is 136 Å². The molecular formula is C34H56. The van der Waals surface area contributed by atoms with Gasteiger partial charge in [0.15, 0.2) is 0 Å². The van der Waals surface area contributed by atoms with Gasteiger partial charge in [-0.15, -0.1) is 0 Å². The third-order valence-corrected chi connectivity index (χ3v) is 7.68. The summed E-state index contributed by atoms with van der Waals surface area (Å²) in [5.41, 5.74) is 7.44. The molecule has 3 aliphatic rings. The van der Waals surface area contributed by atoms with Crippen molar-refractivity contribution in [3.05, 3.63) is 64.8 Å². The van der Waals surface area contributed by atoms with Crippen LogP contribution in [0.4, 0.5) is 0 Å². The molecule has 0 atom stereocenters. The lowest BCUT2D eigenvalue weighted by Gasteiger charge is -2.27. The Morgan fingerprint density at radius 1 is 0.618 bits per heavy atom. The molecule has 0 heteroatoms. The van der Waals surface area contributed by atoms with Crippen LogP contribution < -0.4 is 0 Å². The lowest BCUT2D eigenvalue weighted by molar-refractivity contribution is 0.323. The summed E-state index contributed by atoms with van der Waals surface area (Å²) in [6.07, 6.45) is 21.9. The summed E-state index contributed by atoms with van der Waals surface area (Å²) in [6, 6.07) is 7.29. The van der Waals surface area contributed by atoms with Gasteiger partial charge in [0.05, 0.1) is 0 Å². The van der Waals surface area contributed by atoms with E-state index in [0.29, 0.717) is 0 Å². The zero-order valence-corrected chi connectivity index (χ0v) is 24.2. The lowest BCUT2D eigenvalue weighted by atomic mass is 9.78. The van der Waals surface area contributed by atoms with Crippen molar-refractivity contribution >= 4 is 5.57 Å². The Labute approximate surface area is 214 Å². The highest BCUT2D eigenvalue weighted by Crippen LogP contribution is 2.38. The summed E-state index contributed by atoms with van der Waals surface area (Å²) in [6.45, 7) is 19.1. The highest BCUT2D eigenvalue weighted by Gasteiger charge is 2.22. The number of rotatable bonds is 3. The van der Waals surface area contributed by atoms with Crippen LogP contribution in [0.2, 0.25) is 0 Å². The monoisotopic (exact) mass is 464 g/mol. The fourth-order valence-electron chi connectivity index (χ4n) is 5.60. The first kappa shape index (κ1) is 30.5.